The molecule has 1 aliphatic carbocycles. The highest BCUT2D eigenvalue weighted by molar-refractivity contribution is 8.00. The van der Waals surface area contributed by atoms with Crippen molar-refractivity contribution in [2.75, 3.05) is 0 Å². The summed E-state index contributed by atoms with van der Waals surface area (Å²) >= 11 is 1.42. The molecule has 0 spiro atoms. The molecule has 22 heavy (non-hydrogen) atoms. The number of carbonyl (C=O) groups is 1. The van der Waals surface area contributed by atoms with Crippen LogP contribution in [0.2, 0.25) is 0 Å². The summed E-state index contributed by atoms with van der Waals surface area (Å²) in [5.74, 6) is 0.0341. The van der Waals surface area contributed by atoms with Crippen molar-refractivity contribution < 1.29 is 4.79 Å². The number of hydrogen-bond acceptors (Lipinski definition) is 4. The summed E-state index contributed by atoms with van der Waals surface area (Å²) in [6.45, 7) is 4.36. The molecule has 1 unspecified atom stereocenters. The van der Waals surface area contributed by atoms with Crippen LogP contribution in [0.3, 0.4) is 0 Å². The van der Waals surface area contributed by atoms with Gasteiger partial charge in [0, 0.05) is 12.6 Å². The minimum absolute atomic E-state index is 0.0341. The van der Waals surface area contributed by atoms with Gasteiger partial charge in [-0.2, -0.15) is 0 Å². The lowest BCUT2D eigenvalue weighted by Crippen LogP contribution is -2.29. The van der Waals surface area contributed by atoms with Gasteiger partial charge >= 0.3 is 0 Å². The molecule has 1 fully saturated rings. The first-order valence-corrected chi connectivity index (χ1v) is 8.16. The average Bonchev–Trinajstić information content (AvgIpc) is 3.24. The van der Waals surface area contributed by atoms with Crippen molar-refractivity contribution in [3.05, 3.63) is 54.9 Å². The number of nitrogens with one attached hydrogen (secondary N) is 1. The molecule has 1 atom stereocenters. The second kappa shape index (κ2) is 6.79. The normalized spacial score (nSPS) is 15.3. The van der Waals surface area contributed by atoms with Gasteiger partial charge in [-0.15, -0.1) is 16.8 Å². The second-order valence-corrected chi connectivity index (χ2v) is 6.32. The minimum Gasteiger partial charge on any atom is -0.352 e. The van der Waals surface area contributed by atoms with E-state index in [1.54, 1.807) is 12.4 Å². The molecule has 1 aromatic heterocycles. The third-order valence-corrected chi connectivity index (χ3v) is 4.64. The number of rotatable bonds is 7. The number of amides is 1. The lowest BCUT2D eigenvalue weighted by molar-refractivity contribution is -0.120. The lowest BCUT2D eigenvalue weighted by atomic mass is 10.1. The molecule has 0 radical (unpaired) electrons. The predicted molar refractivity (Wildman–Crippen MR) is 86.4 cm³/mol. The molecule has 114 valence electrons. The van der Waals surface area contributed by atoms with Gasteiger partial charge in [-0.1, -0.05) is 48.2 Å². The van der Waals surface area contributed by atoms with E-state index in [2.05, 4.69) is 22.1 Å². The Bertz CT molecular complexity index is 651. The molecule has 2 aromatic rings. The van der Waals surface area contributed by atoms with Crippen LogP contribution in [-0.4, -0.2) is 26.7 Å². The highest BCUT2D eigenvalue weighted by atomic mass is 32.2. The van der Waals surface area contributed by atoms with Crippen LogP contribution in [0, 0.1) is 0 Å². The number of allylic oxidation sites excluding steroid dienone is 1. The van der Waals surface area contributed by atoms with E-state index in [0.717, 1.165) is 23.6 Å². The van der Waals surface area contributed by atoms with E-state index < -0.39 is 0 Å². The number of carbonyl (C=O) groups excluding carboxylic acids is 1. The summed E-state index contributed by atoms with van der Waals surface area (Å²) in [5, 5.41) is 11.5. The number of benzene rings is 1. The number of nitrogens with zero attached hydrogens (tertiary/aromatic N) is 3. The fourth-order valence-corrected chi connectivity index (χ4v) is 3.14. The molecule has 1 aliphatic rings. The van der Waals surface area contributed by atoms with Crippen LogP contribution in [0.4, 0.5) is 0 Å². The Kier molecular flexibility index (Phi) is 4.58. The van der Waals surface area contributed by atoms with Crippen LogP contribution in [-0.2, 0) is 11.3 Å². The fraction of sp³-hybridized carbons (Fsp3) is 0.312. The molecule has 6 heteroatoms. The van der Waals surface area contributed by atoms with Crippen molar-refractivity contribution in [2.45, 2.75) is 35.8 Å². The summed E-state index contributed by atoms with van der Waals surface area (Å²) < 4.78 is 1.89. The summed E-state index contributed by atoms with van der Waals surface area (Å²) in [7, 11) is 0. The highest BCUT2D eigenvalue weighted by Gasteiger charge is 2.30. The summed E-state index contributed by atoms with van der Waals surface area (Å²) in [5.41, 5.74) is 0.971. The molecular formula is C16H18N4OS. The maximum absolute atomic E-state index is 12.6. The quantitative estimate of drug-likeness (QED) is 0.630. The van der Waals surface area contributed by atoms with E-state index in [4.69, 9.17) is 0 Å². The summed E-state index contributed by atoms with van der Waals surface area (Å²) in [6.07, 6.45) is 5.59. The predicted octanol–water partition coefficient (Wildman–Crippen LogP) is 2.58. The number of thioether (sulfide) groups is 1. The zero-order chi connectivity index (χ0) is 15.4. The molecule has 0 bridgehead atoms. The zero-order valence-electron chi connectivity index (χ0n) is 12.2. The first kappa shape index (κ1) is 14.8. The van der Waals surface area contributed by atoms with Gasteiger partial charge in [0.25, 0.3) is 0 Å². The molecule has 1 heterocycles. The lowest BCUT2D eigenvalue weighted by Gasteiger charge is -2.16. The zero-order valence-corrected chi connectivity index (χ0v) is 13.0. The van der Waals surface area contributed by atoms with Crippen LogP contribution in [0.15, 0.2) is 54.5 Å². The van der Waals surface area contributed by atoms with Crippen LogP contribution in [0.25, 0.3) is 0 Å². The van der Waals surface area contributed by atoms with Gasteiger partial charge in [-0.25, -0.2) is 0 Å². The average molecular weight is 314 g/mol. The van der Waals surface area contributed by atoms with Crippen molar-refractivity contribution in [3.8, 4) is 0 Å². The van der Waals surface area contributed by atoms with Crippen molar-refractivity contribution >= 4 is 17.7 Å². The fourth-order valence-electron chi connectivity index (χ4n) is 2.11. The van der Waals surface area contributed by atoms with Gasteiger partial charge in [-0.05, 0) is 18.4 Å². The van der Waals surface area contributed by atoms with Crippen molar-refractivity contribution in [1.29, 1.82) is 0 Å². The maximum atomic E-state index is 12.6. The molecule has 0 aliphatic heterocycles. The smallest absolute Gasteiger partial charge is 0.238 e. The molecular weight excluding hydrogens is 296 g/mol. The Morgan fingerprint density at radius 3 is 2.91 bits per heavy atom. The largest absolute Gasteiger partial charge is 0.352 e. The van der Waals surface area contributed by atoms with Crippen LogP contribution in [0.1, 0.15) is 23.7 Å². The standard InChI is InChI=1S/C16H18N4OS/c1-2-10-20-11-17-19-16(20)22-14(12-6-4-3-5-7-12)15(21)18-13-8-9-13/h2-7,11,13-14H,1,8-10H2,(H,18,21). The van der Waals surface area contributed by atoms with Crippen LogP contribution >= 0.6 is 11.8 Å². The minimum atomic E-state index is -0.324. The third-order valence-electron chi connectivity index (χ3n) is 3.39. The number of hydrogen-bond donors (Lipinski definition) is 1. The Morgan fingerprint density at radius 1 is 1.45 bits per heavy atom. The Hall–Kier alpha value is -2.08. The van der Waals surface area contributed by atoms with E-state index in [9.17, 15) is 4.79 Å². The third kappa shape index (κ3) is 3.57. The Balaban J connectivity index is 1.82. The first-order valence-electron chi connectivity index (χ1n) is 7.28. The van der Waals surface area contributed by atoms with E-state index in [-0.39, 0.29) is 11.2 Å². The second-order valence-electron chi connectivity index (χ2n) is 5.25. The van der Waals surface area contributed by atoms with Gasteiger partial charge in [0.1, 0.15) is 11.6 Å². The first-order chi connectivity index (χ1) is 10.8. The maximum Gasteiger partial charge on any atom is 0.238 e. The monoisotopic (exact) mass is 314 g/mol. The Labute approximate surface area is 133 Å². The van der Waals surface area contributed by atoms with Gasteiger partial charge in [0.2, 0.25) is 5.91 Å². The molecule has 0 saturated heterocycles. The van der Waals surface area contributed by atoms with Crippen molar-refractivity contribution in [3.63, 3.8) is 0 Å². The van der Waals surface area contributed by atoms with Gasteiger partial charge in [0.05, 0.1) is 0 Å². The van der Waals surface area contributed by atoms with E-state index in [1.807, 2.05) is 34.9 Å². The SMILES string of the molecule is C=CCn1cnnc1SC(C(=O)NC1CC1)c1ccccc1. The molecule has 3 rings (SSSR count). The summed E-state index contributed by atoms with van der Waals surface area (Å²) in [6, 6.07) is 10.1. The molecule has 1 amide bonds. The summed E-state index contributed by atoms with van der Waals surface area (Å²) in [4.78, 5) is 12.6. The topological polar surface area (TPSA) is 59.8 Å². The molecule has 1 aromatic carbocycles. The number of aromatic nitrogens is 3. The van der Waals surface area contributed by atoms with Crippen molar-refractivity contribution in [1.82, 2.24) is 20.1 Å². The highest BCUT2D eigenvalue weighted by Crippen LogP contribution is 2.35. The molecule has 1 N–H and O–H groups in total. The van der Waals surface area contributed by atoms with Crippen LogP contribution in [0.5, 0.6) is 0 Å². The van der Waals surface area contributed by atoms with E-state index in [1.165, 1.54) is 11.8 Å². The van der Waals surface area contributed by atoms with Gasteiger partial charge in [-0.3, -0.25) is 4.79 Å². The van der Waals surface area contributed by atoms with Crippen molar-refractivity contribution in [2.24, 2.45) is 0 Å². The van der Waals surface area contributed by atoms with Gasteiger partial charge < -0.3 is 9.88 Å². The molecule has 5 nitrogen and oxygen atoms in total. The van der Waals surface area contributed by atoms with Gasteiger partial charge in [0.15, 0.2) is 5.16 Å². The Morgan fingerprint density at radius 2 is 2.23 bits per heavy atom. The molecule has 1 saturated carbocycles. The van der Waals surface area contributed by atoms with Crippen LogP contribution < -0.4 is 5.32 Å². The van der Waals surface area contributed by atoms with E-state index >= 15 is 0 Å². The van der Waals surface area contributed by atoms with E-state index in [0.29, 0.717) is 12.6 Å².